The Bertz CT molecular complexity index is 372. The van der Waals surface area contributed by atoms with Crippen LogP contribution in [0, 0.1) is 12.7 Å². The fraction of sp³-hybridized carbons (Fsp3) is 0.571. The summed E-state index contributed by atoms with van der Waals surface area (Å²) in [5.41, 5.74) is 8.07. The van der Waals surface area contributed by atoms with Gasteiger partial charge in [-0.25, -0.2) is 4.39 Å². The standard InChI is InChI=1S/C14H21FN2/c1-11-5-6-12(15)9-13(11)14(10-16)17-7-3-2-4-8-17/h5-6,9,14H,2-4,7-8,10,16H2,1H3. The van der Waals surface area contributed by atoms with Gasteiger partial charge >= 0.3 is 0 Å². The topological polar surface area (TPSA) is 29.3 Å². The molecule has 0 amide bonds. The van der Waals surface area contributed by atoms with Crippen LogP contribution in [0.4, 0.5) is 4.39 Å². The van der Waals surface area contributed by atoms with Crippen molar-refractivity contribution >= 4 is 0 Å². The third-order valence-corrected chi connectivity index (χ3v) is 3.65. The quantitative estimate of drug-likeness (QED) is 0.874. The van der Waals surface area contributed by atoms with Gasteiger partial charge in [-0.1, -0.05) is 12.5 Å². The molecule has 0 aliphatic carbocycles. The van der Waals surface area contributed by atoms with Gasteiger partial charge in [0, 0.05) is 12.6 Å². The van der Waals surface area contributed by atoms with Crippen LogP contribution in [0.3, 0.4) is 0 Å². The number of aryl methyl sites for hydroxylation is 1. The lowest BCUT2D eigenvalue weighted by Crippen LogP contribution is -2.37. The molecule has 0 saturated carbocycles. The van der Waals surface area contributed by atoms with Crippen molar-refractivity contribution < 1.29 is 4.39 Å². The first kappa shape index (κ1) is 12.5. The van der Waals surface area contributed by atoms with Gasteiger partial charge < -0.3 is 5.73 Å². The van der Waals surface area contributed by atoms with Crippen LogP contribution in [-0.2, 0) is 0 Å². The van der Waals surface area contributed by atoms with Crippen molar-refractivity contribution in [3.8, 4) is 0 Å². The van der Waals surface area contributed by atoms with Gasteiger partial charge in [-0.3, -0.25) is 4.90 Å². The zero-order valence-corrected chi connectivity index (χ0v) is 10.5. The summed E-state index contributed by atoms with van der Waals surface area (Å²) in [5.74, 6) is -0.166. The Labute approximate surface area is 103 Å². The van der Waals surface area contributed by atoms with E-state index in [0.29, 0.717) is 6.54 Å². The van der Waals surface area contributed by atoms with Crippen molar-refractivity contribution in [3.05, 3.63) is 35.1 Å². The molecule has 94 valence electrons. The van der Waals surface area contributed by atoms with Crippen molar-refractivity contribution in [2.24, 2.45) is 5.73 Å². The Morgan fingerprint density at radius 1 is 1.29 bits per heavy atom. The minimum atomic E-state index is -0.166. The van der Waals surface area contributed by atoms with Gasteiger partial charge in [-0.2, -0.15) is 0 Å². The third kappa shape index (κ3) is 2.85. The molecule has 1 saturated heterocycles. The molecule has 0 radical (unpaired) electrons. The highest BCUT2D eigenvalue weighted by atomic mass is 19.1. The second-order valence-electron chi connectivity index (χ2n) is 4.85. The van der Waals surface area contributed by atoms with Crippen LogP contribution in [0.2, 0.25) is 0 Å². The first-order valence-electron chi connectivity index (χ1n) is 6.42. The predicted octanol–water partition coefficient (Wildman–Crippen LogP) is 2.62. The maximum absolute atomic E-state index is 13.4. The van der Waals surface area contributed by atoms with Crippen LogP contribution in [0.15, 0.2) is 18.2 Å². The first-order valence-corrected chi connectivity index (χ1v) is 6.42. The van der Waals surface area contributed by atoms with Crippen molar-refractivity contribution in [2.45, 2.75) is 32.2 Å². The zero-order valence-electron chi connectivity index (χ0n) is 10.5. The number of benzene rings is 1. The second-order valence-corrected chi connectivity index (χ2v) is 4.85. The van der Waals surface area contributed by atoms with Gasteiger partial charge in [0.25, 0.3) is 0 Å². The molecule has 1 aromatic rings. The normalized spacial score (nSPS) is 19.2. The third-order valence-electron chi connectivity index (χ3n) is 3.65. The summed E-state index contributed by atoms with van der Waals surface area (Å²) in [5, 5.41) is 0. The minimum Gasteiger partial charge on any atom is -0.329 e. The van der Waals surface area contributed by atoms with E-state index in [-0.39, 0.29) is 11.9 Å². The Balaban J connectivity index is 2.24. The minimum absolute atomic E-state index is 0.166. The molecule has 17 heavy (non-hydrogen) atoms. The van der Waals surface area contributed by atoms with Gasteiger partial charge in [0.15, 0.2) is 0 Å². The van der Waals surface area contributed by atoms with Crippen molar-refractivity contribution in [2.75, 3.05) is 19.6 Å². The number of nitrogens with zero attached hydrogens (tertiary/aromatic N) is 1. The Morgan fingerprint density at radius 2 is 2.00 bits per heavy atom. The lowest BCUT2D eigenvalue weighted by molar-refractivity contribution is 0.167. The number of hydrogen-bond acceptors (Lipinski definition) is 2. The van der Waals surface area contributed by atoms with Gasteiger partial charge in [-0.05, 0) is 56.1 Å². The highest BCUT2D eigenvalue weighted by Gasteiger charge is 2.22. The maximum atomic E-state index is 13.4. The molecular formula is C14H21FN2. The fourth-order valence-electron chi connectivity index (χ4n) is 2.67. The second kappa shape index (κ2) is 5.61. The molecule has 1 aromatic carbocycles. The van der Waals surface area contributed by atoms with Gasteiger partial charge in [0.1, 0.15) is 5.82 Å². The molecule has 1 aliphatic heterocycles. The van der Waals surface area contributed by atoms with Crippen molar-refractivity contribution in [1.82, 2.24) is 4.90 Å². The van der Waals surface area contributed by atoms with E-state index >= 15 is 0 Å². The number of nitrogens with two attached hydrogens (primary N) is 1. The molecular weight excluding hydrogens is 215 g/mol. The van der Waals surface area contributed by atoms with Gasteiger partial charge in [-0.15, -0.1) is 0 Å². The van der Waals surface area contributed by atoms with Gasteiger partial charge in [0.2, 0.25) is 0 Å². The summed E-state index contributed by atoms with van der Waals surface area (Å²) < 4.78 is 13.4. The molecule has 1 heterocycles. The number of hydrogen-bond donors (Lipinski definition) is 1. The number of rotatable bonds is 3. The van der Waals surface area contributed by atoms with Crippen LogP contribution in [0.1, 0.15) is 36.4 Å². The average molecular weight is 236 g/mol. The summed E-state index contributed by atoms with van der Waals surface area (Å²) >= 11 is 0. The lowest BCUT2D eigenvalue weighted by Gasteiger charge is -2.34. The van der Waals surface area contributed by atoms with E-state index in [4.69, 9.17) is 5.73 Å². The Kier molecular flexibility index (Phi) is 4.13. The molecule has 1 aliphatic rings. The summed E-state index contributed by atoms with van der Waals surface area (Å²) in [7, 11) is 0. The predicted molar refractivity (Wildman–Crippen MR) is 68.4 cm³/mol. The van der Waals surface area contributed by atoms with Crippen LogP contribution in [0.5, 0.6) is 0 Å². The molecule has 2 nitrogen and oxygen atoms in total. The largest absolute Gasteiger partial charge is 0.329 e. The molecule has 3 heteroatoms. The summed E-state index contributed by atoms with van der Waals surface area (Å²) in [6.07, 6.45) is 3.76. The molecule has 0 spiro atoms. The number of likely N-dealkylation sites (tertiary alicyclic amines) is 1. The van der Waals surface area contributed by atoms with E-state index < -0.39 is 0 Å². The van der Waals surface area contributed by atoms with Crippen molar-refractivity contribution in [1.29, 1.82) is 0 Å². The smallest absolute Gasteiger partial charge is 0.123 e. The lowest BCUT2D eigenvalue weighted by atomic mass is 9.97. The van der Waals surface area contributed by atoms with E-state index in [1.165, 1.54) is 25.3 Å². The molecule has 2 N–H and O–H groups in total. The van der Waals surface area contributed by atoms with E-state index in [9.17, 15) is 4.39 Å². The molecule has 1 atom stereocenters. The number of halogens is 1. The summed E-state index contributed by atoms with van der Waals surface area (Å²) in [6.45, 7) is 4.75. The van der Waals surface area contributed by atoms with E-state index in [0.717, 1.165) is 24.2 Å². The van der Waals surface area contributed by atoms with Crippen LogP contribution in [0.25, 0.3) is 0 Å². The van der Waals surface area contributed by atoms with Crippen LogP contribution < -0.4 is 5.73 Å². The molecule has 2 rings (SSSR count). The molecule has 1 fully saturated rings. The average Bonchev–Trinajstić information content (AvgIpc) is 2.36. The Hall–Kier alpha value is -0.930. The highest BCUT2D eigenvalue weighted by Crippen LogP contribution is 2.26. The van der Waals surface area contributed by atoms with Crippen LogP contribution in [-0.4, -0.2) is 24.5 Å². The Morgan fingerprint density at radius 3 is 2.65 bits per heavy atom. The molecule has 0 bridgehead atoms. The first-order chi connectivity index (χ1) is 8.22. The summed E-state index contributed by atoms with van der Waals surface area (Å²) in [6, 6.07) is 5.17. The van der Waals surface area contributed by atoms with E-state index in [1.54, 1.807) is 6.07 Å². The van der Waals surface area contributed by atoms with Gasteiger partial charge in [0.05, 0.1) is 0 Å². The molecule has 0 aromatic heterocycles. The molecule has 1 unspecified atom stereocenters. The van der Waals surface area contributed by atoms with E-state index in [2.05, 4.69) is 4.90 Å². The van der Waals surface area contributed by atoms with Crippen LogP contribution >= 0.6 is 0 Å². The monoisotopic (exact) mass is 236 g/mol. The number of piperidine rings is 1. The zero-order chi connectivity index (χ0) is 12.3. The SMILES string of the molecule is Cc1ccc(F)cc1C(CN)N1CCCCC1. The van der Waals surface area contributed by atoms with E-state index in [1.807, 2.05) is 13.0 Å². The summed E-state index contributed by atoms with van der Waals surface area (Å²) in [4.78, 5) is 2.39. The van der Waals surface area contributed by atoms with Crippen molar-refractivity contribution in [3.63, 3.8) is 0 Å². The maximum Gasteiger partial charge on any atom is 0.123 e. The fourth-order valence-corrected chi connectivity index (χ4v) is 2.67. The highest BCUT2D eigenvalue weighted by molar-refractivity contribution is 5.30.